The number of β-amino-alcohol motifs (C(OH)–C–C–N with tert-alkyl or cyclic N) is 2. The molecule has 156 valence electrons. The molecule has 2 aromatic rings. The zero-order valence-corrected chi connectivity index (χ0v) is 16.5. The monoisotopic (exact) mass is 401 g/mol. The lowest BCUT2D eigenvalue weighted by Gasteiger charge is -2.32. The van der Waals surface area contributed by atoms with E-state index < -0.39 is 18.0 Å². The molecule has 0 saturated carbocycles. The van der Waals surface area contributed by atoms with Crippen LogP contribution in [-0.4, -0.2) is 59.3 Å². The van der Waals surface area contributed by atoms with E-state index in [1.54, 1.807) is 6.07 Å². The Hall–Kier alpha value is -2.12. The zero-order valence-electron chi connectivity index (χ0n) is 16.5. The van der Waals surface area contributed by atoms with Crippen LogP contribution in [0.1, 0.15) is 24.8 Å². The smallest absolute Gasteiger partial charge is 0.192 e. The Bertz CT molecular complexity index is 785. The first-order valence-electron chi connectivity index (χ1n) is 10.1. The van der Waals surface area contributed by atoms with Gasteiger partial charge in [-0.15, -0.1) is 0 Å². The molecule has 1 fully saturated rings. The molecule has 29 heavy (non-hydrogen) atoms. The van der Waals surface area contributed by atoms with E-state index in [1.807, 2.05) is 41.3 Å². The largest absolute Gasteiger partial charge is 0.384 e. The van der Waals surface area contributed by atoms with Gasteiger partial charge in [0.1, 0.15) is 18.0 Å². The van der Waals surface area contributed by atoms with E-state index in [0.29, 0.717) is 18.8 Å². The first kappa shape index (κ1) is 21.6. The summed E-state index contributed by atoms with van der Waals surface area (Å²) in [6.07, 6.45) is 0.546. The molecule has 0 spiro atoms. The number of carbonyl (C=O) groups is 1. The second kappa shape index (κ2) is 10.6. The summed E-state index contributed by atoms with van der Waals surface area (Å²) < 4.78 is 20.0. The fourth-order valence-corrected chi connectivity index (χ4v) is 3.55. The van der Waals surface area contributed by atoms with Crippen molar-refractivity contribution in [3.63, 3.8) is 0 Å². The molecule has 0 radical (unpaired) electrons. The van der Waals surface area contributed by atoms with Crippen LogP contribution in [0.25, 0.3) is 11.1 Å². The number of ether oxygens (including phenoxy) is 1. The van der Waals surface area contributed by atoms with E-state index in [9.17, 15) is 19.4 Å². The third-order valence-electron chi connectivity index (χ3n) is 5.17. The van der Waals surface area contributed by atoms with Gasteiger partial charge in [0, 0.05) is 25.3 Å². The molecular formula is C23H28FNO4. The van der Waals surface area contributed by atoms with Crippen LogP contribution < -0.4 is 0 Å². The number of hydrogen-bond donors (Lipinski definition) is 2. The second-order valence-electron chi connectivity index (χ2n) is 7.49. The van der Waals surface area contributed by atoms with E-state index in [2.05, 4.69) is 0 Å². The summed E-state index contributed by atoms with van der Waals surface area (Å²) in [6, 6.07) is 14.7. The summed E-state index contributed by atoms with van der Waals surface area (Å²) >= 11 is 0. The fourth-order valence-electron chi connectivity index (χ4n) is 3.55. The minimum absolute atomic E-state index is 0.248. The van der Waals surface area contributed by atoms with Gasteiger partial charge in [0.2, 0.25) is 0 Å². The van der Waals surface area contributed by atoms with Gasteiger partial charge in [-0.1, -0.05) is 42.5 Å². The van der Waals surface area contributed by atoms with Crippen LogP contribution in [0.5, 0.6) is 0 Å². The molecule has 2 aromatic carbocycles. The van der Waals surface area contributed by atoms with Crippen molar-refractivity contribution in [2.45, 2.75) is 38.1 Å². The highest BCUT2D eigenvalue weighted by atomic mass is 19.1. The molecule has 3 rings (SSSR count). The third-order valence-corrected chi connectivity index (χ3v) is 5.17. The number of rotatable bonds is 9. The number of unbranched alkanes of at least 4 members (excludes halogenated alkanes) is 2. The number of ketones is 1. The maximum absolute atomic E-state index is 14.4. The average molecular weight is 401 g/mol. The summed E-state index contributed by atoms with van der Waals surface area (Å²) in [5.41, 5.74) is 2.25. The Balaban J connectivity index is 1.32. The molecular weight excluding hydrogens is 373 g/mol. The van der Waals surface area contributed by atoms with Crippen molar-refractivity contribution in [3.8, 4) is 11.1 Å². The lowest BCUT2D eigenvalue weighted by molar-refractivity contribution is -0.142. The number of likely N-dealkylation sites (tertiary alicyclic amines) is 1. The summed E-state index contributed by atoms with van der Waals surface area (Å²) in [4.78, 5) is 13.3. The first-order valence-corrected chi connectivity index (χ1v) is 10.1. The molecule has 0 bridgehead atoms. The number of Topliss-reactive ketones (excluding diaryl/α,β-unsaturated/α-hetero) is 1. The van der Waals surface area contributed by atoms with Gasteiger partial charge in [0.15, 0.2) is 5.78 Å². The predicted molar refractivity (Wildman–Crippen MR) is 109 cm³/mol. The number of piperidine rings is 1. The second-order valence-corrected chi connectivity index (χ2v) is 7.49. The van der Waals surface area contributed by atoms with Crippen LogP contribution in [0, 0.1) is 5.82 Å². The highest BCUT2D eigenvalue weighted by Crippen LogP contribution is 2.23. The van der Waals surface area contributed by atoms with Crippen LogP contribution in [0.15, 0.2) is 48.5 Å². The maximum Gasteiger partial charge on any atom is 0.192 e. The lowest BCUT2D eigenvalue weighted by Crippen LogP contribution is -2.52. The van der Waals surface area contributed by atoms with Gasteiger partial charge < -0.3 is 14.9 Å². The summed E-state index contributed by atoms with van der Waals surface area (Å²) in [6.45, 7) is 2.27. The number of aliphatic hydroxyl groups is 2. The Kier molecular flexibility index (Phi) is 7.89. The summed E-state index contributed by atoms with van der Waals surface area (Å²) in [7, 11) is 0. The van der Waals surface area contributed by atoms with Crippen molar-refractivity contribution in [1.82, 2.24) is 4.90 Å². The average Bonchev–Trinajstić information content (AvgIpc) is 2.72. The lowest BCUT2D eigenvalue weighted by atomic mass is 10.0. The quantitative estimate of drug-likeness (QED) is 0.633. The predicted octanol–water partition coefficient (Wildman–Crippen LogP) is 2.79. The standard InChI is InChI=1S/C23H28FNO4/c24-20-13-17(9-10-19(20)18-7-3-1-4-8-18)16-29-12-6-2-5-11-25-14-21(26)23(28)22(27)15-25/h1,3-4,7-10,13,21-22,26-27H,2,5-6,11-12,14-16H2/t21-,22+. The Morgan fingerprint density at radius 3 is 2.41 bits per heavy atom. The molecule has 1 saturated heterocycles. The molecule has 0 amide bonds. The number of benzene rings is 2. The van der Waals surface area contributed by atoms with Crippen molar-refractivity contribution in [3.05, 3.63) is 59.9 Å². The van der Waals surface area contributed by atoms with Crippen LogP contribution in [0.4, 0.5) is 4.39 Å². The zero-order chi connectivity index (χ0) is 20.6. The van der Waals surface area contributed by atoms with Crippen LogP contribution in [-0.2, 0) is 16.1 Å². The normalized spacial score (nSPS) is 20.2. The van der Waals surface area contributed by atoms with Gasteiger partial charge in [0.05, 0.1) is 6.61 Å². The van der Waals surface area contributed by atoms with Gasteiger partial charge in [-0.2, -0.15) is 0 Å². The molecule has 1 heterocycles. The molecule has 0 aromatic heterocycles. The fraction of sp³-hybridized carbons (Fsp3) is 0.435. The molecule has 6 heteroatoms. The Morgan fingerprint density at radius 1 is 1.00 bits per heavy atom. The van der Waals surface area contributed by atoms with E-state index in [4.69, 9.17) is 4.74 Å². The summed E-state index contributed by atoms with van der Waals surface area (Å²) in [5.74, 6) is -0.732. The summed E-state index contributed by atoms with van der Waals surface area (Å²) in [5, 5.41) is 19.2. The van der Waals surface area contributed by atoms with Crippen LogP contribution >= 0.6 is 0 Å². The van der Waals surface area contributed by atoms with Crippen molar-refractivity contribution in [2.24, 2.45) is 0 Å². The molecule has 0 aliphatic carbocycles. The third kappa shape index (κ3) is 6.18. The van der Waals surface area contributed by atoms with Gasteiger partial charge >= 0.3 is 0 Å². The molecule has 0 unspecified atom stereocenters. The van der Waals surface area contributed by atoms with Gasteiger partial charge in [-0.3, -0.25) is 9.69 Å². The minimum atomic E-state index is -1.09. The topological polar surface area (TPSA) is 70.0 Å². The van der Waals surface area contributed by atoms with E-state index in [-0.39, 0.29) is 18.9 Å². The molecule has 1 aliphatic rings. The number of halogens is 1. The van der Waals surface area contributed by atoms with E-state index >= 15 is 0 Å². The molecule has 2 atom stereocenters. The SMILES string of the molecule is O=C1[C@H](O)CN(CCCCCOCc2ccc(-c3ccccc3)c(F)c2)C[C@@H]1O. The highest BCUT2D eigenvalue weighted by molar-refractivity contribution is 5.88. The molecule has 5 nitrogen and oxygen atoms in total. The first-order chi connectivity index (χ1) is 14.0. The van der Waals surface area contributed by atoms with Crippen molar-refractivity contribution < 1.29 is 24.1 Å². The molecule has 1 aliphatic heterocycles. The van der Waals surface area contributed by atoms with Crippen molar-refractivity contribution in [1.29, 1.82) is 0 Å². The molecule has 2 N–H and O–H groups in total. The Labute approximate surface area is 170 Å². The minimum Gasteiger partial charge on any atom is -0.384 e. The van der Waals surface area contributed by atoms with Gasteiger partial charge in [0.25, 0.3) is 0 Å². The van der Waals surface area contributed by atoms with E-state index in [1.165, 1.54) is 6.07 Å². The number of aliphatic hydroxyl groups excluding tert-OH is 2. The number of carbonyl (C=O) groups excluding carboxylic acids is 1. The van der Waals surface area contributed by atoms with Crippen LogP contribution in [0.2, 0.25) is 0 Å². The highest BCUT2D eigenvalue weighted by Gasteiger charge is 2.32. The maximum atomic E-state index is 14.4. The number of hydrogen-bond acceptors (Lipinski definition) is 5. The number of nitrogens with zero attached hydrogens (tertiary/aromatic N) is 1. The van der Waals surface area contributed by atoms with Gasteiger partial charge in [-0.25, -0.2) is 4.39 Å². The van der Waals surface area contributed by atoms with Crippen molar-refractivity contribution in [2.75, 3.05) is 26.2 Å². The Morgan fingerprint density at radius 2 is 1.72 bits per heavy atom. The van der Waals surface area contributed by atoms with Crippen molar-refractivity contribution >= 4 is 5.78 Å². The van der Waals surface area contributed by atoms with Gasteiger partial charge in [-0.05, 0) is 43.0 Å². The van der Waals surface area contributed by atoms with Crippen LogP contribution in [0.3, 0.4) is 0 Å². The van der Waals surface area contributed by atoms with E-state index in [0.717, 1.165) is 36.9 Å².